The molecule has 4 rings (SSSR count). The number of sulfone groups is 1. The van der Waals surface area contributed by atoms with Gasteiger partial charge in [-0.1, -0.05) is 54.1 Å². The Balaban J connectivity index is 0.00000294. The number of carboxylic acids is 1. The third-order valence-corrected chi connectivity index (χ3v) is 8.18. The molecule has 0 bridgehead atoms. The van der Waals surface area contributed by atoms with Gasteiger partial charge in [0.1, 0.15) is 11.5 Å². The first-order valence-corrected chi connectivity index (χ1v) is 14.1. The summed E-state index contributed by atoms with van der Waals surface area (Å²) < 4.78 is 32.4. The minimum Gasteiger partial charge on any atom is -1.00 e. The molecule has 0 unspecified atom stereocenters. The topological polar surface area (TPSA) is 113 Å². The van der Waals surface area contributed by atoms with Crippen molar-refractivity contribution in [3.63, 3.8) is 0 Å². The van der Waals surface area contributed by atoms with Gasteiger partial charge in [-0.25, -0.2) is 13.2 Å². The molecule has 0 amide bonds. The van der Waals surface area contributed by atoms with Crippen molar-refractivity contribution in [1.82, 2.24) is 5.32 Å². The first-order valence-electron chi connectivity index (χ1n) is 12.2. The van der Waals surface area contributed by atoms with E-state index in [-0.39, 0.29) is 58.1 Å². The molecule has 0 heterocycles. The van der Waals surface area contributed by atoms with Crippen LogP contribution in [-0.2, 0) is 16.3 Å². The maximum absolute atomic E-state index is 13.3. The zero-order valence-electron chi connectivity index (χ0n) is 23.1. The number of benzene rings is 4. The Morgan fingerprint density at radius 3 is 2.30 bits per heavy atom. The van der Waals surface area contributed by atoms with Crippen LogP contribution in [-0.4, -0.2) is 37.2 Å². The molecule has 0 saturated carbocycles. The fraction of sp³-hybridized carbons (Fsp3) is 0.167. The first-order chi connectivity index (χ1) is 18.6. The summed E-state index contributed by atoms with van der Waals surface area (Å²) in [5, 5.41) is 24.0. The van der Waals surface area contributed by atoms with Gasteiger partial charge in [0.2, 0.25) is 9.84 Å². The van der Waals surface area contributed by atoms with Gasteiger partial charge >= 0.3 is 35.5 Å². The van der Waals surface area contributed by atoms with Crippen LogP contribution in [0.5, 0.6) is 11.5 Å². The number of rotatable bonds is 11. The van der Waals surface area contributed by atoms with Crippen LogP contribution in [0, 0.1) is 0 Å². The second-order valence-electron chi connectivity index (χ2n) is 9.11. The number of para-hydroxylation sites is 1. The van der Waals surface area contributed by atoms with Gasteiger partial charge in [0, 0.05) is 17.6 Å². The molecule has 0 spiro atoms. The smallest absolute Gasteiger partial charge is 1.00 e. The number of carbonyl (C=O) groups is 1. The van der Waals surface area contributed by atoms with E-state index in [0.717, 1.165) is 11.1 Å². The van der Waals surface area contributed by atoms with E-state index in [1.165, 1.54) is 30.3 Å². The number of aromatic carboxylic acids is 1. The molecular formula is C30H29ClNNaO6S. The second-order valence-corrected chi connectivity index (χ2v) is 11.5. The third kappa shape index (κ3) is 8.17. The SMILES string of the molecule is C[C@H](Cc1ccc(S(=O)(=O)c2ccc(Oc3ccccc3)cc2C(=O)O)cc1)NC[C@@H](O)c1cccc(Cl)c1.[H-].[Na+]. The maximum Gasteiger partial charge on any atom is 1.00 e. The average Bonchev–Trinajstić information content (AvgIpc) is 2.92. The quantitative estimate of drug-likeness (QED) is 0.231. The Bertz CT molecular complexity index is 1560. The van der Waals surface area contributed by atoms with Crippen LogP contribution in [0.25, 0.3) is 0 Å². The number of carboxylic acid groups (broad SMARTS) is 1. The molecule has 3 N–H and O–H groups in total. The predicted molar refractivity (Wildman–Crippen MR) is 151 cm³/mol. The van der Waals surface area contributed by atoms with Gasteiger partial charge < -0.3 is 21.7 Å². The molecule has 4 aromatic carbocycles. The van der Waals surface area contributed by atoms with Crippen molar-refractivity contribution in [2.75, 3.05) is 6.54 Å². The van der Waals surface area contributed by atoms with Gasteiger partial charge in [0.15, 0.2) is 0 Å². The van der Waals surface area contributed by atoms with Gasteiger partial charge in [-0.05, 0) is 79.1 Å². The minimum absolute atomic E-state index is 0. The Kier molecular flexibility index (Phi) is 11.4. The molecule has 2 atom stereocenters. The maximum atomic E-state index is 13.3. The van der Waals surface area contributed by atoms with Gasteiger partial charge in [-0.2, -0.15) is 0 Å². The zero-order chi connectivity index (χ0) is 28.0. The molecule has 7 nitrogen and oxygen atoms in total. The number of halogens is 1. The van der Waals surface area contributed by atoms with Crippen molar-refractivity contribution in [3.05, 3.63) is 119 Å². The molecule has 0 aliphatic rings. The molecule has 0 saturated heterocycles. The number of ether oxygens (including phenoxy) is 1. The fourth-order valence-corrected chi connectivity index (χ4v) is 5.73. The van der Waals surface area contributed by atoms with E-state index < -0.39 is 21.9 Å². The van der Waals surface area contributed by atoms with Crippen molar-refractivity contribution in [1.29, 1.82) is 0 Å². The molecule has 0 radical (unpaired) electrons. The summed E-state index contributed by atoms with van der Waals surface area (Å²) in [6.45, 7) is 2.30. The van der Waals surface area contributed by atoms with Gasteiger partial charge in [-0.15, -0.1) is 0 Å². The number of nitrogens with one attached hydrogen (secondary N) is 1. The molecule has 4 aromatic rings. The summed E-state index contributed by atoms with van der Waals surface area (Å²) in [7, 11) is -4.10. The van der Waals surface area contributed by atoms with Crippen LogP contribution in [0.15, 0.2) is 107 Å². The molecule has 0 aromatic heterocycles. The third-order valence-electron chi connectivity index (χ3n) is 6.12. The number of aliphatic hydroxyl groups is 1. The van der Waals surface area contributed by atoms with Crippen LogP contribution in [0.3, 0.4) is 0 Å². The Morgan fingerprint density at radius 2 is 1.65 bits per heavy atom. The van der Waals surface area contributed by atoms with E-state index >= 15 is 0 Å². The van der Waals surface area contributed by atoms with E-state index in [0.29, 0.717) is 23.7 Å². The van der Waals surface area contributed by atoms with Crippen LogP contribution < -0.4 is 39.6 Å². The average molecular weight is 590 g/mol. The van der Waals surface area contributed by atoms with Crippen molar-refractivity contribution in [2.24, 2.45) is 0 Å². The van der Waals surface area contributed by atoms with E-state index in [2.05, 4.69) is 5.32 Å². The van der Waals surface area contributed by atoms with Crippen LogP contribution in [0.1, 0.15) is 35.9 Å². The number of hydrogen-bond acceptors (Lipinski definition) is 6. The fourth-order valence-electron chi connectivity index (χ4n) is 4.10. The van der Waals surface area contributed by atoms with Crippen molar-refractivity contribution < 1.29 is 59.1 Å². The summed E-state index contributed by atoms with van der Waals surface area (Å²) in [6.07, 6.45) is -0.124. The Labute approximate surface area is 262 Å². The predicted octanol–water partition coefficient (Wildman–Crippen LogP) is 3.03. The van der Waals surface area contributed by atoms with Crippen molar-refractivity contribution in [3.8, 4) is 11.5 Å². The van der Waals surface area contributed by atoms with Crippen LogP contribution >= 0.6 is 11.6 Å². The molecule has 0 aliphatic carbocycles. The first kappa shape index (κ1) is 31.8. The van der Waals surface area contributed by atoms with Gasteiger partial charge in [0.25, 0.3) is 0 Å². The normalized spacial score (nSPS) is 12.7. The monoisotopic (exact) mass is 589 g/mol. The second kappa shape index (κ2) is 14.3. The molecular weight excluding hydrogens is 561 g/mol. The largest absolute Gasteiger partial charge is 1.00 e. The summed E-state index contributed by atoms with van der Waals surface area (Å²) >= 11 is 5.99. The van der Waals surface area contributed by atoms with E-state index in [1.54, 1.807) is 54.6 Å². The minimum atomic E-state index is -4.10. The summed E-state index contributed by atoms with van der Waals surface area (Å²) in [5.74, 6) is -0.652. The van der Waals surface area contributed by atoms with E-state index in [9.17, 15) is 23.4 Å². The summed E-state index contributed by atoms with van der Waals surface area (Å²) in [4.78, 5) is 11.6. The van der Waals surface area contributed by atoms with E-state index in [1.807, 2.05) is 19.1 Å². The molecule has 0 fully saturated rings. The molecule has 204 valence electrons. The summed E-state index contributed by atoms with van der Waals surface area (Å²) in [6, 6.07) is 26.1. The van der Waals surface area contributed by atoms with Crippen molar-refractivity contribution in [2.45, 2.75) is 35.3 Å². The zero-order valence-corrected chi connectivity index (χ0v) is 25.7. The standard InChI is InChI=1S/C30H28ClNO6S.Na.H/c1-20(32-19-28(33)22-6-5-7-23(31)17-22)16-21-10-13-26(14-11-21)39(36,37)29-15-12-25(18-27(29)30(34)35)38-24-8-3-2-4-9-24;;/h2-15,17-18,20,28,32-33H,16,19H2,1H3,(H,34,35);;/q;+1;-1/t20-,28-;;/m1../s1. The van der Waals surface area contributed by atoms with Gasteiger partial charge in [-0.3, -0.25) is 0 Å². The Morgan fingerprint density at radius 1 is 0.950 bits per heavy atom. The van der Waals surface area contributed by atoms with Gasteiger partial charge in [0.05, 0.1) is 21.5 Å². The number of aliphatic hydroxyl groups excluding tert-OH is 1. The van der Waals surface area contributed by atoms with Crippen LogP contribution in [0.2, 0.25) is 5.02 Å². The van der Waals surface area contributed by atoms with Crippen LogP contribution in [0.4, 0.5) is 0 Å². The van der Waals surface area contributed by atoms with E-state index in [4.69, 9.17) is 16.3 Å². The molecule has 0 aliphatic heterocycles. The molecule has 10 heteroatoms. The Hall–Kier alpha value is -2.69. The van der Waals surface area contributed by atoms with Crippen molar-refractivity contribution >= 4 is 27.4 Å². The summed E-state index contributed by atoms with van der Waals surface area (Å²) in [5.41, 5.74) is 1.23. The molecule has 40 heavy (non-hydrogen) atoms. The number of hydrogen-bond donors (Lipinski definition) is 3.